The Balaban J connectivity index is 2.48. The van der Waals surface area contributed by atoms with Gasteiger partial charge in [0, 0.05) is 12.4 Å². The van der Waals surface area contributed by atoms with Gasteiger partial charge in [-0.15, -0.1) is 0 Å². The largest absolute Gasteiger partial charge is 0.443 e. The zero-order valence-electron chi connectivity index (χ0n) is 14.3. The molecule has 3 nitrogen and oxygen atoms in total. The highest BCUT2D eigenvalue weighted by molar-refractivity contribution is 6.89. The lowest BCUT2D eigenvalue weighted by Crippen LogP contribution is -2.38. The number of nitrogens with zero attached hydrogens (tertiary/aromatic N) is 1. The van der Waals surface area contributed by atoms with Crippen molar-refractivity contribution in [3.8, 4) is 11.1 Å². The number of carbonyl (C=O) groups excluding carboxylic acids is 1. The Hall–Kier alpha value is -1.81. The summed E-state index contributed by atoms with van der Waals surface area (Å²) >= 11 is 0. The first-order chi connectivity index (χ1) is 10.1. The Morgan fingerprint density at radius 3 is 2.14 bits per heavy atom. The molecule has 0 unspecified atom stereocenters. The summed E-state index contributed by atoms with van der Waals surface area (Å²) in [6, 6.07) is 10.2. The van der Waals surface area contributed by atoms with Crippen molar-refractivity contribution >= 4 is 19.4 Å². The van der Waals surface area contributed by atoms with Crippen molar-refractivity contribution in [2.24, 2.45) is 0 Å². The van der Waals surface area contributed by atoms with Crippen molar-refractivity contribution in [1.82, 2.24) is 4.57 Å². The van der Waals surface area contributed by atoms with Gasteiger partial charge < -0.3 is 4.74 Å². The van der Waals surface area contributed by atoms with Crippen LogP contribution in [0.2, 0.25) is 19.6 Å². The van der Waals surface area contributed by atoms with E-state index < -0.39 is 13.7 Å². The number of hydrogen-bond acceptors (Lipinski definition) is 2. The van der Waals surface area contributed by atoms with Gasteiger partial charge in [-0.25, -0.2) is 4.79 Å². The van der Waals surface area contributed by atoms with Crippen molar-refractivity contribution < 1.29 is 9.53 Å². The summed E-state index contributed by atoms with van der Waals surface area (Å²) in [6.45, 7) is 12.5. The zero-order valence-corrected chi connectivity index (χ0v) is 15.3. The standard InChI is InChI=1S/C18H25NO2Si/c1-18(2,3)21-17(20)19-12-15(14-10-8-7-9-11-14)16(13-19)22(4,5)6/h7-13H,1-6H3. The molecule has 0 radical (unpaired) electrons. The summed E-state index contributed by atoms with van der Waals surface area (Å²) in [5.41, 5.74) is 1.78. The lowest BCUT2D eigenvalue weighted by Gasteiger charge is -2.19. The van der Waals surface area contributed by atoms with Gasteiger partial charge in [-0.05, 0) is 37.1 Å². The first-order valence-corrected chi connectivity index (χ1v) is 11.1. The van der Waals surface area contributed by atoms with E-state index in [1.165, 1.54) is 5.19 Å². The van der Waals surface area contributed by atoms with Gasteiger partial charge in [-0.1, -0.05) is 50.0 Å². The average molecular weight is 315 g/mol. The predicted molar refractivity (Wildman–Crippen MR) is 94.5 cm³/mol. The SMILES string of the molecule is CC(C)(C)OC(=O)n1cc(-c2ccccc2)c([Si](C)(C)C)c1. The minimum Gasteiger partial charge on any atom is -0.443 e. The van der Waals surface area contributed by atoms with Gasteiger partial charge in [0.15, 0.2) is 0 Å². The molecule has 0 atom stereocenters. The summed E-state index contributed by atoms with van der Waals surface area (Å²) in [5, 5.41) is 1.27. The van der Waals surface area contributed by atoms with Crippen molar-refractivity contribution in [3.63, 3.8) is 0 Å². The predicted octanol–water partition coefficient (Wildman–Crippen LogP) is 4.48. The second-order valence-electron chi connectivity index (χ2n) is 7.59. The van der Waals surface area contributed by atoms with Crippen LogP contribution in [0.25, 0.3) is 11.1 Å². The van der Waals surface area contributed by atoms with Crippen LogP contribution >= 0.6 is 0 Å². The van der Waals surface area contributed by atoms with Crippen molar-refractivity contribution in [1.29, 1.82) is 0 Å². The Labute approximate surface area is 133 Å². The fourth-order valence-electron chi connectivity index (χ4n) is 2.32. The molecular weight excluding hydrogens is 290 g/mol. The monoisotopic (exact) mass is 315 g/mol. The molecule has 4 heteroatoms. The molecule has 1 aromatic carbocycles. The molecular formula is C18H25NO2Si. The van der Waals surface area contributed by atoms with E-state index in [2.05, 4.69) is 31.8 Å². The summed E-state index contributed by atoms with van der Waals surface area (Å²) in [5.74, 6) is 0. The van der Waals surface area contributed by atoms with E-state index in [4.69, 9.17) is 4.74 Å². The van der Waals surface area contributed by atoms with Crippen LogP contribution in [-0.4, -0.2) is 24.3 Å². The molecule has 118 valence electrons. The van der Waals surface area contributed by atoms with Gasteiger partial charge in [-0.2, -0.15) is 0 Å². The third-order valence-electron chi connectivity index (χ3n) is 3.32. The summed E-state index contributed by atoms with van der Waals surface area (Å²) in [6.07, 6.45) is 3.52. The quantitative estimate of drug-likeness (QED) is 0.765. The van der Waals surface area contributed by atoms with E-state index in [0.29, 0.717) is 0 Å². The molecule has 0 amide bonds. The molecule has 0 aliphatic heterocycles. The molecule has 1 aromatic heterocycles. The number of ether oxygens (including phenoxy) is 1. The lowest BCUT2D eigenvalue weighted by molar-refractivity contribution is 0.0537. The Morgan fingerprint density at radius 2 is 1.64 bits per heavy atom. The number of aromatic nitrogens is 1. The van der Waals surface area contributed by atoms with Gasteiger partial charge in [0.05, 0.1) is 8.07 Å². The van der Waals surface area contributed by atoms with Gasteiger partial charge in [0.2, 0.25) is 0 Å². The maximum absolute atomic E-state index is 12.3. The van der Waals surface area contributed by atoms with Crippen LogP contribution in [0.3, 0.4) is 0 Å². The normalized spacial score (nSPS) is 12.3. The van der Waals surface area contributed by atoms with E-state index in [-0.39, 0.29) is 6.09 Å². The smallest absolute Gasteiger partial charge is 0.418 e. The molecule has 2 rings (SSSR count). The fraction of sp³-hybridized carbons (Fsp3) is 0.389. The highest BCUT2D eigenvalue weighted by Crippen LogP contribution is 2.22. The highest BCUT2D eigenvalue weighted by Gasteiger charge is 2.26. The number of carbonyl (C=O) groups is 1. The third kappa shape index (κ3) is 3.88. The molecule has 0 N–H and O–H groups in total. The molecule has 0 bridgehead atoms. The van der Waals surface area contributed by atoms with Gasteiger partial charge in [-0.3, -0.25) is 4.57 Å². The van der Waals surface area contributed by atoms with Crippen LogP contribution in [-0.2, 0) is 4.74 Å². The molecule has 0 fully saturated rings. The van der Waals surface area contributed by atoms with Gasteiger partial charge in [0.1, 0.15) is 5.60 Å². The van der Waals surface area contributed by atoms with Crippen LogP contribution in [0.15, 0.2) is 42.7 Å². The molecule has 0 saturated heterocycles. The molecule has 0 spiro atoms. The van der Waals surface area contributed by atoms with Crippen LogP contribution in [0, 0.1) is 0 Å². The molecule has 0 saturated carbocycles. The van der Waals surface area contributed by atoms with Crippen molar-refractivity contribution in [2.75, 3.05) is 0 Å². The first kappa shape index (κ1) is 16.6. The number of benzene rings is 1. The van der Waals surface area contributed by atoms with Crippen molar-refractivity contribution in [2.45, 2.75) is 46.0 Å². The minimum atomic E-state index is -1.57. The Bertz CT molecular complexity index is 661. The zero-order chi connectivity index (χ0) is 16.5. The maximum atomic E-state index is 12.3. The third-order valence-corrected chi connectivity index (χ3v) is 5.34. The van der Waals surface area contributed by atoms with Crippen LogP contribution in [0.5, 0.6) is 0 Å². The van der Waals surface area contributed by atoms with E-state index in [1.54, 1.807) is 4.57 Å². The molecule has 1 heterocycles. The summed E-state index contributed by atoms with van der Waals surface area (Å²) < 4.78 is 7.06. The molecule has 0 aliphatic rings. The van der Waals surface area contributed by atoms with E-state index >= 15 is 0 Å². The van der Waals surface area contributed by atoms with E-state index in [1.807, 2.05) is 51.4 Å². The van der Waals surface area contributed by atoms with Crippen LogP contribution in [0.4, 0.5) is 4.79 Å². The lowest BCUT2D eigenvalue weighted by atomic mass is 10.1. The number of hydrogen-bond donors (Lipinski definition) is 0. The van der Waals surface area contributed by atoms with Crippen molar-refractivity contribution in [3.05, 3.63) is 42.7 Å². The topological polar surface area (TPSA) is 31.2 Å². The highest BCUT2D eigenvalue weighted by atomic mass is 28.3. The number of rotatable bonds is 2. The second kappa shape index (κ2) is 5.76. The van der Waals surface area contributed by atoms with Gasteiger partial charge >= 0.3 is 6.09 Å². The van der Waals surface area contributed by atoms with Crippen LogP contribution < -0.4 is 5.19 Å². The fourth-order valence-corrected chi connectivity index (χ4v) is 3.86. The van der Waals surface area contributed by atoms with E-state index in [0.717, 1.165) is 11.1 Å². The summed E-state index contributed by atoms with van der Waals surface area (Å²) in [7, 11) is -1.57. The van der Waals surface area contributed by atoms with E-state index in [9.17, 15) is 4.79 Å². The van der Waals surface area contributed by atoms with Crippen LogP contribution in [0.1, 0.15) is 20.8 Å². The molecule has 22 heavy (non-hydrogen) atoms. The average Bonchev–Trinajstić information content (AvgIpc) is 2.82. The summed E-state index contributed by atoms with van der Waals surface area (Å²) in [4.78, 5) is 12.3. The first-order valence-electron chi connectivity index (χ1n) is 7.59. The van der Waals surface area contributed by atoms with Gasteiger partial charge in [0.25, 0.3) is 0 Å². The Kier molecular flexibility index (Phi) is 4.34. The Morgan fingerprint density at radius 1 is 1.05 bits per heavy atom. The maximum Gasteiger partial charge on any atom is 0.418 e. The minimum absolute atomic E-state index is 0.325. The second-order valence-corrected chi connectivity index (χ2v) is 12.6. The molecule has 0 aliphatic carbocycles. The molecule has 2 aromatic rings.